The first-order valence-corrected chi connectivity index (χ1v) is 5.11. The summed E-state index contributed by atoms with van der Waals surface area (Å²) < 4.78 is 2.13. The minimum Gasteiger partial charge on any atom is -0.369 e. The summed E-state index contributed by atoms with van der Waals surface area (Å²) in [7, 11) is 2.04. The van der Waals surface area contributed by atoms with E-state index in [4.69, 9.17) is 5.73 Å². The minimum atomic E-state index is 0.445. The number of aryl methyl sites for hydroxylation is 1. The van der Waals surface area contributed by atoms with E-state index in [0.717, 1.165) is 11.4 Å². The highest BCUT2D eigenvalue weighted by Gasteiger charge is 2.08. The number of H-pyrrole nitrogens is 1. The molecule has 2 heterocycles. The number of nitrogens with zero attached hydrogens (tertiary/aromatic N) is 2. The summed E-state index contributed by atoms with van der Waals surface area (Å²) in [6.45, 7) is 0. The highest BCUT2D eigenvalue weighted by molar-refractivity contribution is 5.86. The van der Waals surface area contributed by atoms with Crippen molar-refractivity contribution in [3.63, 3.8) is 0 Å². The number of rotatable bonds is 1. The van der Waals surface area contributed by atoms with E-state index < -0.39 is 0 Å². The molecule has 1 aromatic carbocycles. The van der Waals surface area contributed by atoms with Gasteiger partial charge < -0.3 is 15.3 Å². The number of anilines is 1. The van der Waals surface area contributed by atoms with Gasteiger partial charge in [-0.2, -0.15) is 0 Å². The number of benzene rings is 1. The molecule has 0 aliphatic heterocycles. The average Bonchev–Trinajstić information content (AvgIpc) is 2.84. The third-order valence-corrected chi connectivity index (χ3v) is 2.82. The standard InChI is InChI=1S/C12H12N4/c1-16-10-5-3-2-4-8(10)6-11(16)9-7-14-12(13)15-9/h2-7H,1H3,(H3,13,14,15). The molecule has 80 valence electrons. The van der Waals surface area contributed by atoms with E-state index >= 15 is 0 Å². The third-order valence-electron chi connectivity index (χ3n) is 2.82. The summed E-state index contributed by atoms with van der Waals surface area (Å²) in [4.78, 5) is 7.05. The summed E-state index contributed by atoms with van der Waals surface area (Å²) in [5.74, 6) is 0.445. The largest absolute Gasteiger partial charge is 0.369 e. The van der Waals surface area contributed by atoms with E-state index in [1.54, 1.807) is 6.20 Å². The predicted molar refractivity (Wildman–Crippen MR) is 64.9 cm³/mol. The summed E-state index contributed by atoms with van der Waals surface area (Å²) in [5.41, 5.74) is 8.81. The second-order valence-electron chi connectivity index (χ2n) is 3.83. The Balaban J connectivity index is 2.28. The second kappa shape index (κ2) is 3.13. The fourth-order valence-corrected chi connectivity index (χ4v) is 2.01. The van der Waals surface area contributed by atoms with Crippen LogP contribution in [0.25, 0.3) is 22.3 Å². The van der Waals surface area contributed by atoms with E-state index in [1.165, 1.54) is 10.9 Å². The molecule has 0 fully saturated rings. The molecule has 0 saturated heterocycles. The van der Waals surface area contributed by atoms with Crippen LogP contribution in [0, 0.1) is 0 Å². The molecule has 0 bridgehead atoms. The molecule has 0 saturated carbocycles. The van der Waals surface area contributed by atoms with Gasteiger partial charge in [0.25, 0.3) is 0 Å². The second-order valence-corrected chi connectivity index (χ2v) is 3.83. The number of hydrogen-bond donors (Lipinski definition) is 2. The van der Waals surface area contributed by atoms with E-state index in [0.29, 0.717) is 5.95 Å². The number of para-hydroxylation sites is 1. The van der Waals surface area contributed by atoms with Gasteiger partial charge in [-0.15, -0.1) is 0 Å². The monoisotopic (exact) mass is 212 g/mol. The number of fused-ring (bicyclic) bond motifs is 1. The number of aromatic nitrogens is 3. The topological polar surface area (TPSA) is 59.6 Å². The number of nitrogens with one attached hydrogen (secondary N) is 1. The van der Waals surface area contributed by atoms with Gasteiger partial charge in [-0.1, -0.05) is 18.2 Å². The lowest BCUT2D eigenvalue weighted by atomic mass is 10.2. The van der Waals surface area contributed by atoms with Gasteiger partial charge in [0.05, 0.1) is 17.6 Å². The molecule has 3 aromatic rings. The first-order chi connectivity index (χ1) is 7.75. The molecule has 4 nitrogen and oxygen atoms in total. The molecule has 4 heteroatoms. The van der Waals surface area contributed by atoms with Gasteiger partial charge in [0, 0.05) is 18.0 Å². The van der Waals surface area contributed by atoms with Crippen molar-refractivity contribution >= 4 is 16.9 Å². The molecular weight excluding hydrogens is 200 g/mol. The maximum atomic E-state index is 5.58. The lowest BCUT2D eigenvalue weighted by molar-refractivity contribution is 0.973. The molecule has 0 atom stereocenters. The molecule has 0 radical (unpaired) electrons. The molecule has 16 heavy (non-hydrogen) atoms. The van der Waals surface area contributed by atoms with Crippen molar-refractivity contribution in [3.8, 4) is 11.4 Å². The van der Waals surface area contributed by atoms with E-state index in [-0.39, 0.29) is 0 Å². The molecule has 0 aliphatic carbocycles. The van der Waals surface area contributed by atoms with E-state index in [2.05, 4.69) is 32.7 Å². The normalized spacial score (nSPS) is 11.1. The smallest absolute Gasteiger partial charge is 0.197 e. The molecule has 0 amide bonds. The van der Waals surface area contributed by atoms with E-state index in [1.807, 2.05) is 19.2 Å². The van der Waals surface area contributed by atoms with Gasteiger partial charge in [-0.3, -0.25) is 0 Å². The molecule has 2 aromatic heterocycles. The Bertz CT molecular complexity index is 648. The van der Waals surface area contributed by atoms with Crippen LogP contribution in [0.1, 0.15) is 0 Å². The highest BCUT2D eigenvalue weighted by Crippen LogP contribution is 2.25. The highest BCUT2D eigenvalue weighted by atomic mass is 15.0. The van der Waals surface area contributed by atoms with Crippen LogP contribution in [-0.2, 0) is 7.05 Å². The third kappa shape index (κ3) is 1.20. The van der Waals surface area contributed by atoms with Crippen LogP contribution in [0.15, 0.2) is 36.5 Å². The Morgan fingerprint density at radius 3 is 2.81 bits per heavy atom. The van der Waals surface area contributed by atoms with Crippen LogP contribution in [0.2, 0.25) is 0 Å². The van der Waals surface area contributed by atoms with Crippen LogP contribution in [0.3, 0.4) is 0 Å². The van der Waals surface area contributed by atoms with Crippen molar-refractivity contribution in [1.82, 2.24) is 14.5 Å². The van der Waals surface area contributed by atoms with Gasteiger partial charge in [0.1, 0.15) is 0 Å². The first-order valence-electron chi connectivity index (χ1n) is 5.11. The van der Waals surface area contributed by atoms with Gasteiger partial charge in [-0.05, 0) is 12.1 Å². The zero-order valence-electron chi connectivity index (χ0n) is 8.94. The SMILES string of the molecule is Cn1c(-c2cnc(N)[nH]2)cc2ccccc21. The van der Waals surface area contributed by atoms with Gasteiger partial charge in [0.2, 0.25) is 0 Å². The van der Waals surface area contributed by atoms with Gasteiger partial charge >= 0.3 is 0 Å². The van der Waals surface area contributed by atoms with E-state index in [9.17, 15) is 0 Å². The Morgan fingerprint density at radius 1 is 1.31 bits per heavy atom. The number of aromatic amines is 1. The van der Waals surface area contributed by atoms with Gasteiger partial charge in [0.15, 0.2) is 5.95 Å². The maximum Gasteiger partial charge on any atom is 0.197 e. The summed E-state index contributed by atoms with van der Waals surface area (Å²) in [6, 6.07) is 10.4. The van der Waals surface area contributed by atoms with Gasteiger partial charge in [-0.25, -0.2) is 4.98 Å². The molecule has 0 spiro atoms. The average molecular weight is 212 g/mol. The van der Waals surface area contributed by atoms with Crippen molar-refractivity contribution in [2.24, 2.45) is 7.05 Å². The number of hydrogen-bond acceptors (Lipinski definition) is 2. The van der Waals surface area contributed by atoms with Crippen LogP contribution in [-0.4, -0.2) is 14.5 Å². The van der Waals surface area contributed by atoms with Crippen LogP contribution < -0.4 is 5.73 Å². The molecule has 3 rings (SSSR count). The number of imidazole rings is 1. The van der Waals surface area contributed by atoms with Crippen LogP contribution in [0.4, 0.5) is 5.95 Å². The lowest BCUT2D eigenvalue weighted by Gasteiger charge is -2.00. The van der Waals surface area contributed by atoms with Crippen molar-refractivity contribution < 1.29 is 0 Å². The van der Waals surface area contributed by atoms with Crippen molar-refractivity contribution in [3.05, 3.63) is 36.5 Å². The zero-order valence-corrected chi connectivity index (χ0v) is 8.94. The minimum absolute atomic E-state index is 0.445. The lowest BCUT2D eigenvalue weighted by Crippen LogP contribution is -1.91. The Kier molecular flexibility index (Phi) is 1.77. The summed E-state index contributed by atoms with van der Waals surface area (Å²) in [6.07, 6.45) is 1.75. The summed E-state index contributed by atoms with van der Waals surface area (Å²) in [5, 5.41) is 1.22. The fraction of sp³-hybridized carbons (Fsp3) is 0.0833. The van der Waals surface area contributed by atoms with Crippen LogP contribution in [0.5, 0.6) is 0 Å². The predicted octanol–water partition coefficient (Wildman–Crippen LogP) is 2.15. The number of nitrogen functional groups attached to an aromatic ring is 1. The molecule has 0 unspecified atom stereocenters. The molecule has 3 N–H and O–H groups in total. The molecule has 0 aliphatic rings. The maximum absolute atomic E-state index is 5.58. The van der Waals surface area contributed by atoms with Crippen molar-refractivity contribution in [2.75, 3.05) is 5.73 Å². The van der Waals surface area contributed by atoms with Crippen molar-refractivity contribution in [1.29, 1.82) is 0 Å². The summed E-state index contributed by atoms with van der Waals surface area (Å²) >= 11 is 0. The van der Waals surface area contributed by atoms with Crippen LogP contribution >= 0.6 is 0 Å². The van der Waals surface area contributed by atoms with Crippen molar-refractivity contribution in [2.45, 2.75) is 0 Å². The fourth-order valence-electron chi connectivity index (χ4n) is 2.01. The Labute approximate surface area is 92.7 Å². The Morgan fingerprint density at radius 2 is 2.12 bits per heavy atom. The first kappa shape index (κ1) is 9.03. The number of nitrogens with two attached hydrogens (primary N) is 1. The Hall–Kier alpha value is -2.23. The quantitative estimate of drug-likeness (QED) is 0.649. The molecular formula is C12H12N4. The zero-order chi connectivity index (χ0) is 11.1.